The largest absolute Gasteiger partial charge is 0.496 e. The molecule has 2 N–H and O–H groups in total. The molecule has 0 aliphatic rings. The smallest absolute Gasteiger partial charge is 0.339 e. The molecule has 19 heavy (non-hydrogen) atoms. The van der Waals surface area contributed by atoms with E-state index >= 15 is 0 Å². The molecule has 0 atom stereocenters. The summed E-state index contributed by atoms with van der Waals surface area (Å²) in [6, 6.07) is 5.83. The third-order valence-electron chi connectivity index (χ3n) is 2.47. The number of carbonyl (C=O) groups is 2. The molecular weight excluding hydrogens is 250 g/mol. The zero-order chi connectivity index (χ0) is 13.8. The standard InChI is InChI=1S/C13H11NO5/c1-18-11-6-9(2-3-10(11)13(16)17)14-12(15)8-4-5-19-7-8/h2-7H,1H3,(H,14,15)(H,16,17). The topological polar surface area (TPSA) is 88.8 Å². The Kier molecular flexibility index (Phi) is 3.51. The SMILES string of the molecule is COc1cc(NC(=O)c2ccoc2)ccc1C(=O)O. The molecule has 0 saturated carbocycles. The van der Waals surface area contributed by atoms with Crippen LogP contribution in [0.2, 0.25) is 0 Å². The van der Waals surface area contributed by atoms with Gasteiger partial charge in [0.2, 0.25) is 0 Å². The average molecular weight is 261 g/mol. The molecule has 0 saturated heterocycles. The molecule has 6 nitrogen and oxygen atoms in total. The van der Waals surface area contributed by atoms with Crippen molar-refractivity contribution in [3.63, 3.8) is 0 Å². The molecule has 6 heteroatoms. The number of methoxy groups -OCH3 is 1. The zero-order valence-corrected chi connectivity index (χ0v) is 10.0. The molecule has 1 aromatic carbocycles. The van der Waals surface area contributed by atoms with E-state index in [-0.39, 0.29) is 17.2 Å². The van der Waals surface area contributed by atoms with E-state index in [1.54, 1.807) is 0 Å². The van der Waals surface area contributed by atoms with Crippen LogP contribution < -0.4 is 10.1 Å². The highest BCUT2D eigenvalue weighted by Gasteiger charge is 2.13. The highest BCUT2D eigenvalue weighted by Crippen LogP contribution is 2.23. The molecule has 0 unspecified atom stereocenters. The van der Waals surface area contributed by atoms with Crippen LogP contribution in [0.1, 0.15) is 20.7 Å². The van der Waals surface area contributed by atoms with Crippen LogP contribution in [0, 0.1) is 0 Å². The van der Waals surface area contributed by atoms with Crippen LogP contribution in [-0.2, 0) is 0 Å². The molecule has 0 radical (unpaired) electrons. The lowest BCUT2D eigenvalue weighted by molar-refractivity contribution is 0.0693. The van der Waals surface area contributed by atoms with Crippen LogP contribution in [0.3, 0.4) is 0 Å². The molecule has 1 heterocycles. The normalized spacial score (nSPS) is 9.95. The van der Waals surface area contributed by atoms with Crippen LogP contribution >= 0.6 is 0 Å². The van der Waals surface area contributed by atoms with Crippen molar-refractivity contribution in [3.8, 4) is 5.75 Å². The second kappa shape index (κ2) is 5.26. The van der Waals surface area contributed by atoms with E-state index in [0.717, 1.165) is 0 Å². The number of hydrogen-bond donors (Lipinski definition) is 2. The summed E-state index contributed by atoms with van der Waals surface area (Å²) in [5.41, 5.74) is 0.845. The molecule has 2 rings (SSSR count). The molecule has 0 aliphatic heterocycles. The number of carbonyl (C=O) groups excluding carboxylic acids is 1. The van der Waals surface area contributed by atoms with Crippen molar-refractivity contribution in [1.82, 2.24) is 0 Å². The van der Waals surface area contributed by atoms with Gasteiger partial charge in [-0.25, -0.2) is 4.79 Å². The first-order chi connectivity index (χ1) is 9.11. The number of amides is 1. The van der Waals surface area contributed by atoms with Gasteiger partial charge in [0.25, 0.3) is 5.91 Å². The number of carboxylic acid groups (broad SMARTS) is 1. The van der Waals surface area contributed by atoms with E-state index in [9.17, 15) is 9.59 Å². The van der Waals surface area contributed by atoms with Gasteiger partial charge in [-0.15, -0.1) is 0 Å². The van der Waals surface area contributed by atoms with Gasteiger partial charge in [0, 0.05) is 11.8 Å². The van der Waals surface area contributed by atoms with Gasteiger partial charge in [0.05, 0.1) is 18.9 Å². The molecule has 0 fully saturated rings. The minimum absolute atomic E-state index is 0.0313. The van der Waals surface area contributed by atoms with Gasteiger partial charge in [-0.1, -0.05) is 0 Å². The van der Waals surface area contributed by atoms with Crippen molar-refractivity contribution in [3.05, 3.63) is 47.9 Å². The number of aromatic carboxylic acids is 1. The lowest BCUT2D eigenvalue weighted by atomic mass is 10.1. The zero-order valence-electron chi connectivity index (χ0n) is 10.0. The quantitative estimate of drug-likeness (QED) is 0.881. The summed E-state index contributed by atoms with van der Waals surface area (Å²) in [5, 5.41) is 11.6. The van der Waals surface area contributed by atoms with Gasteiger partial charge in [0.15, 0.2) is 0 Å². The van der Waals surface area contributed by atoms with E-state index in [1.165, 1.54) is 43.9 Å². The minimum Gasteiger partial charge on any atom is -0.496 e. The summed E-state index contributed by atoms with van der Waals surface area (Å²) in [6.07, 6.45) is 2.71. The van der Waals surface area contributed by atoms with Crippen molar-refractivity contribution in [2.45, 2.75) is 0 Å². The summed E-state index contributed by atoms with van der Waals surface area (Å²) < 4.78 is 9.77. The van der Waals surface area contributed by atoms with Gasteiger partial charge in [-0.05, 0) is 18.2 Å². The number of furan rings is 1. The van der Waals surface area contributed by atoms with Gasteiger partial charge in [-0.2, -0.15) is 0 Å². The van der Waals surface area contributed by atoms with Crippen molar-refractivity contribution in [2.24, 2.45) is 0 Å². The molecule has 0 aliphatic carbocycles. The second-order valence-corrected chi connectivity index (χ2v) is 3.69. The maximum absolute atomic E-state index is 11.8. The van der Waals surface area contributed by atoms with Gasteiger partial charge < -0.3 is 19.6 Å². The Morgan fingerprint density at radius 3 is 2.68 bits per heavy atom. The fourth-order valence-electron chi connectivity index (χ4n) is 1.54. The highest BCUT2D eigenvalue weighted by molar-refractivity contribution is 6.04. The Morgan fingerprint density at radius 1 is 1.32 bits per heavy atom. The molecule has 98 valence electrons. The van der Waals surface area contributed by atoms with E-state index in [2.05, 4.69) is 5.32 Å². The number of ether oxygens (including phenoxy) is 1. The highest BCUT2D eigenvalue weighted by atomic mass is 16.5. The third-order valence-corrected chi connectivity index (χ3v) is 2.47. The van der Waals surface area contributed by atoms with Crippen LogP contribution in [0.5, 0.6) is 5.75 Å². The first kappa shape index (κ1) is 12.7. The predicted molar refractivity (Wildman–Crippen MR) is 66.6 cm³/mol. The van der Waals surface area contributed by atoms with E-state index in [0.29, 0.717) is 11.3 Å². The molecule has 1 aromatic heterocycles. The Hall–Kier alpha value is -2.76. The number of benzene rings is 1. The van der Waals surface area contributed by atoms with E-state index in [1.807, 2.05) is 0 Å². The predicted octanol–water partition coefficient (Wildman–Crippen LogP) is 2.24. The number of rotatable bonds is 4. The summed E-state index contributed by atoms with van der Waals surface area (Å²) in [7, 11) is 1.36. The van der Waals surface area contributed by atoms with Gasteiger partial charge in [-0.3, -0.25) is 4.79 Å². The Balaban J connectivity index is 2.22. The summed E-state index contributed by atoms with van der Waals surface area (Å²) in [4.78, 5) is 22.7. The first-order valence-electron chi connectivity index (χ1n) is 5.36. The average Bonchev–Trinajstić information content (AvgIpc) is 2.92. The lowest BCUT2D eigenvalue weighted by Gasteiger charge is -2.08. The Bertz CT molecular complexity index is 604. The van der Waals surface area contributed by atoms with Crippen LogP contribution in [-0.4, -0.2) is 24.1 Å². The molecule has 0 bridgehead atoms. The van der Waals surface area contributed by atoms with Crippen molar-refractivity contribution in [2.75, 3.05) is 12.4 Å². The molecule has 2 aromatic rings. The molecule has 0 spiro atoms. The number of carboxylic acids is 1. The Labute approximate surface area is 108 Å². The van der Waals surface area contributed by atoms with Crippen LogP contribution in [0.4, 0.5) is 5.69 Å². The second-order valence-electron chi connectivity index (χ2n) is 3.69. The van der Waals surface area contributed by atoms with Crippen LogP contribution in [0.25, 0.3) is 0 Å². The maximum Gasteiger partial charge on any atom is 0.339 e. The Morgan fingerprint density at radius 2 is 2.11 bits per heavy atom. The molecule has 1 amide bonds. The van der Waals surface area contributed by atoms with Crippen LogP contribution in [0.15, 0.2) is 41.2 Å². The minimum atomic E-state index is -1.09. The fourth-order valence-corrected chi connectivity index (χ4v) is 1.54. The molecular formula is C13H11NO5. The van der Waals surface area contributed by atoms with E-state index in [4.69, 9.17) is 14.3 Å². The van der Waals surface area contributed by atoms with Crippen molar-refractivity contribution < 1.29 is 23.8 Å². The van der Waals surface area contributed by atoms with Crippen molar-refractivity contribution in [1.29, 1.82) is 0 Å². The fraction of sp³-hybridized carbons (Fsp3) is 0.0769. The summed E-state index contributed by atoms with van der Waals surface area (Å²) in [6.45, 7) is 0. The first-order valence-corrected chi connectivity index (χ1v) is 5.36. The van der Waals surface area contributed by atoms with Gasteiger partial charge in [0.1, 0.15) is 17.6 Å². The third kappa shape index (κ3) is 2.74. The maximum atomic E-state index is 11.8. The monoisotopic (exact) mass is 261 g/mol. The summed E-state index contributed by atoms with van der Waals surface area (Å²) in [5.74, 6) is -1.26. The van der Waals surface area contributed by atoms with E-state index < -0.39 is 5.97 Å². The lowest BCUT2D eigenvalue weighted by Crippen LogP contribution is -2.11. The summed E-state index contributed by atoms with van der Waals surface area (Å²) >= 11 is 0. The number of anilines is 1. The van der Waals surface area contributed by atoms with Gasteiger partial charge >= 0.3 is 5.97 Å². The van der Waals surface area contributed by atoms with Crippen molar-refractivity contribution >= 4 is 17.6 Å². The number of hydrogen-bond acceptors (Lipinski definition) is 4. The number of nitrogens with one attached hydrogen (secondary N) is 1.